The van der Waals surface area contributed by atoms with Crippen molar-refractivity contribution in [2.24, 2.45) is 17.6 Å². The second-order valence-electron chi connectivity index (χ2n) is 6.10. The number of rotatable bonds is 8. The van der Waals surface area contributed by atoms with Gasteiger partial charge in [0.25, 0.3) is 0 Å². The summed E-state index contributed by atoms with van der Waals surface area (Å²) in [4.78, 5) is 24.7. The van der Waals surface area contributed by atoms with Gasteiger partial charge in [0.2, 0.25) is 5.91 Å². The molecule has 0 aliphatic carbocycles. The molecule has 21 heavy (non-hydrogen) atoms. The smallest absolute Gasteiger partial charge is 0.305 e. The Morgan fingerprint density at radius 3 is 2.43 bits per heavy atom. The molecule has 122 valence electrons. The van der Waals surface area contributed by atoms with Gasteiger partial charge in [-0.15, -0.1) is 0 Å². The van der Waals surface area contributed by atoms with Gasteiger partial charge in [-0.2, -0.15) is 0 Å². The molecule has 1 amide bonds. The average molecular weight is 300 g/mol. The van der Waals surface area contributed by atoms with Gasteiger partial charge in [-0.1, -0.05) is 13.8 Å². The molecular formula is C15H28N2O4. The highest BCUT2D eigenvalue weighted by molar-refractivity contribution is 5.79. The summed E-state index contributed by atoms with van der Waals surface area (Å²) >= 11 is 0. The highest BCUT2D eigenvalue weighted by Crippen LogP contribution is 2.19. The standard InChI is InChI=1S/C15H28N2O4/c1-11(2)9-12(10-16)15(20)17-6-3-13(4-7-17)21-8-5-14(18)19/h11-13H,3-10,16H2,1-2H3,(H,18,19). The van der Waals surface area contributed by atoms with Gasteiger partial charge in [-0.05, 0) is 25.2 Å². The fraction of sp³-hybridized carbons (Fsp3) is 0.867. The molecule has 0 spiro atoms. The molecule has 0 aromatic rings. The number of hydrogen-bond acceptors (Lipinski definition) is 4. The third kappa shape index (κ3) is 6.44. The van der Waals surface area contributed by atoms with Gasteiger partial charge in [0, 0.05) is 19.6 Å². The van der Waals surface area contributed by atoms with E-state index in [1.165, 1.54) is 0 Å². The van der Waals surface area contributed by atoms with E-state index in [9.17, 15) is 9.59 Å². The Kier molecular flexibility index (Phi) is 7.67. The lowest BCUT2D eigenvalue weighted by Gasteiger charge is -2.34. The number of nitrogens with zero attached hydrogens (tertiary/aromatic N) is 1. The van der Waals surface area contributed by atoms with E-state index >= 15 is 0 Å². The Balaban J connectivity index is 2.34. The van der Waals surface area contributed by atoms with Gasteiger partial charge in [0.05, 0.1) is 25.0 Å². The van der Waals surface area contributed by atoms with Crippen molar-refractivity contribution in [3.63, 3.8) is 0 Å². The van der Waals surface area contributed by atoms with Crippen LogP contribution in [0.5, 0.6) is 0 Å². The van der Waals surface area contributed by atoms with Crippen molar-refractivity contribution in [3.05, 3.63) is 0 Å². The van der Waals surface area contributed by atoms with E-state index in [1.807, 2.05) is 4.90 Å². The second kappa shape index (κ2) is 9.00. The second-order valence-corrected chi connectivity index (χ2v) is 6.10. The number of carboxylic acid groups (broad SMARTS) is 1. The topological polar surface area (TPSA) is 92.9 Å². The highest BCUT2D eigenvalue weighted by Gasteiger charge is 2.28. The molecule has 0 radical (unpaired) electrons. The van der Waals surface area contributed by atoms with Crippen LogP contribution >= 0.6 is 0 Å². The minimum absolute atomic E-state index is 0.0305. The molecule has 1 unspecified atom stereocenters. The van der Waals surface area contributed by atoms with Gasteiger partial charge in [-0.3, -0.25) is 9.59 Å². The number of likely N-dealkylation sites (tertiary alicyclic amines) is 1. The van der Waals surface area contributed by atoms with E-state index in [4.69, 9.17) is 15.6 Å². The van der Waals surface area contributed by atoms with Crippen LogP contribution in [-0.2, 0) is 14.3 Å². The van der Waals surface area contributed by atoms with Crippen LogP contribution in [0.2, 0.25) is 0 Å². The van der Waals surface area contributed by atoms with Crippen molar-refractivity contribution < 1.29 is 19.4 Å². The molecule has 6 nitrogen and oxygen atoms in total. The number of ether oxygens (including phenoxy) is 1. The fourth-order valence-electron chi connectivity index (χ4n) is 2.68. The SMILES string of the molecule is CC(C)CC(CN)C(=O)N1CCC(OCCC(=O)O)CC1. The molecule has 1 aliphatic rings. The molecular weight excluding hydrogens is 272 g/mol. The Hall–Kier alpha value is -1.14. The molecule has 0 saturated carbocycles. The summed E-state index contributed by atoms with van der Waals surface area (Å²) in [6.07, 6.45) is 2.46. The van der Waals surface area contributed by atoms with E-state index < -0.39 is 5.97 Å². The van der Waals surface area contributed by atoms with E-state index in [0.717, 1.165) is 19.3 Å². The number of nitrogens with two attached hydrogens (primary N) is 1. The summed E-state index contributed by atoms with van der Waals surface area (Å²) in [7, 11) is 0. The van der Waals surface area contributed by atoms with E-state index in [1.54, 1.807) is 0 Å². The van der Waals surface area contributed by atoms with Gasteiger partial charge >= 0.3 is 5.97 Å². The van der Waals surface area contributed by atoms with Crippen molar-refractivity contribution >= 4 is 11.9 Å². The molecule has 1 rings (SSSR count). The first-order valence-corrected chi connectivity index (χ1v) is 7.76. The van der Waals surface area contributed by atoms with Crippen LogP contribution < -0.4 is 5.73 Å². The Bertz CT molecular complexity index is 339. The first-order valence-electron chi connectivity index (χ1n) is 7.76. The molecule has 1 heterocycles. The van der Waals surface area contributed by atoms with Gasteiger partial charge in [0.15, 0.2) is 0 Å². The van der Waals surface area contributed by atoms with Gasteiger partial charge in [0.1, 0.15) is 0 Å². The number of carbonyl (C=O) groups excluding carboxylic acids is 1. The quantitative estimate of drug-likeness (QED) is 0.700. The number of piperidine rings is 1. The summed E-state index contributed by atoms with van der Waals surface area (Å²) in [5.41, 5.74) is 5.72. The summed E-state index contributed by atoms with van der Waals surface area (Å²) in [5.74, 6) is -0.328. The Labute approximate surface area is 126 Å². The largest absolute Gasteiger partial charge is 0.481 e. The molecule has 0 aromatic heterocycles. The minimum atomic E-state index is -0.845. The monoisotopic (exact) mass is 300 g/mol. The third-order valence-electron chi connectivity index (χ3n) is 3.81. The maximum absolute atomic E-state index is 12.4. The summed E-state index contributed by atoms with van der Waals surface area (Å²) in [5, 5.41) is 8.57. The molecule has 1 fully saturated rings. The zero-order chi connectivity index (χ0) is 15.8. The summed E-state index contributed by atoms with van der Waals surface area (Å²) in [6.45, 7) is 6.17. The predicted octanol–water partition coefficient (Wildman–Crippen LogP) is 1.09. The maximum Gasteiger partial charge on any atom is 0.305 e. The Morgan fingerprint density at radius 2 is 1.95 bits per heavy atom. The highest BCUT2D eigenvalue weighted by atomic mass is 16.5. The van der Waals surface area contributed by atoms with E-state index in [0.29, 0.717) is 25.6 Å². The van der Waals surface area contributed by atoms with Gasteiger partial charge in [-0.25, -0.2) is 0 Å². The van der Waals surface area contributed by atoms with Crippen LogP contribution in [0.25, 0.3) is 0 Å². The number of aliphatic carboxylic acids is 1. The summed E-state index contributed by atoms with van der Waals surface area (Å²) in [6, 6.07) is 0. The molecule has 3 N–H and O–H groups in total. The van der Waals surface area contributed by atoms with Crippen LogP contribution in [0, 0.1) is 11.8 Å². The zero-order valence-corrected chi connectivity index (χ0v) is 13.1. The van der Waals surface area contributed by atoms with Gasteiger partial charge < -0.3 is 20.5 Å². The van der Waals surface area contributed by atoms with Crippen LogP contribution in [-0.4, -0.2) is 54.2 Å². The van der Waals surface area contributed by atoms with Crippen molar-refractivity contribution in [3.8, 4) is 0 Å². The van der Waals surface area contributed by atoms with E-state index in [-0.39, 0.29) is 31.0 Å². The van der Waals surface area contributed by atoms with Crippen molar-refractivity contribution in [1.29, 1.82) is 0 Å². The maximum atomic E-state index is 12.4. The first kappa shape index (κ1) is 17.9. The number of carbonyl (C=O) groups is 2. The molecule has 1 saturated heterocycles. The average Bonchev–Trinajstić information content (AvgIpc) is 2.44. The zero-order valence-electron chi connectivity index (χ0n) is 13.1. The lowest BCUT2D eigenvalue weighted by Crippen LogP contribution is -2.45. The van der Waals surface area contributed by atoms with Crippen molar-refractivity contribution in [2.45, 2.75) is 45.6 Å². The lowest BCUT2D eigenvalue weighted by molar-refractivity contribution is -0.139. The predicted molar refractivity (Wildman–Crippen MR) is 79.8 cm³/mol. The molecule has 6 heteroatoms. The number of amides is 1. The normalized spacial score (nSPS) is 18.0. The minimum Gasteiger partial charge on any atom is -0.481 e. The Morgan fingerprint density at radius 1 is 1.33 bits per heavy atom. The van der Waals surface area contributed by atoms with Crippen LogP contribution in [0.1, 0.15) is 39.5 Å². The van der Waals surface area contributed by atoms with Crippen LogP contribution in [0.15, 0.2) is 0 Å². The molecule has 1 aliphatic heterocycles. The summed E-state index contributed by atoms with van der Waals surface area (Å²) < 4.78 is 5.53. The number of hydrogen-bond donors (Lipinski definition) is 2. The third-order valence-corrected chi connectivity index (χ3v) is 3.81. The molecule has 0 bridgehead atoms. The van der Waals surface area contributed by atoms with Crippen molar-refractivity contribution in [1.82, 2.24) is 4.90 Å². The molecule has 1 atom stereocenters. The van der Waals surface area contributed by atoms with E-state index in [2.05, 4.69) is 13.8 Å². The first-order chi connectivity index (χ1) is 9.93. The van der Waals surface area contributed by atoms with Crippen LogP contribution in [0.4, 0.5) is 0 Å². The number of carboxylic acids is 1. The van der Waals surface area contributed by atoms with Crippen LogP contribution in [0.3, 0.4) is 0 Å². The van der Waals surface area contributed by atoms with Crippen molar-refractivity contribution in [2.75, 3.05) is 26.2 Å². The fourth-order valence-corrected chi connectivity index (χ4v) is 2.68. The molecule has 0 aromatic carbocycles. The lowest BCUT2D eigenvalue weighted by atomic mass is 9.95.